The molecule has 0 aliphatic heterocycles. The summed E-state index contributed by atoms with van der Waals surface area (Å²) in [6.07, 6.45) is 0.932. The average Bonchev–Trinajstić information content (AvgIpc) is 2.33. The maximum absolute atomic E-state index is 11.0. The van der Waals surface area contributed by atoms with Gasteiger partial charge in [0.1, 0.15) is 0 Å². The quantitative estimate of drug-likeness (QED) is 0.796. The fourth-order valence-corrected chi connectivity index (χ4v) is 1.80. The molecule has 18 heavy (non-hydrogen) atoms. The molecule has 2 aliphatic rings. The lowest BCUT2D eigenvalue weighted by molar-refractivity contribution is -0.147. The van der Waals surface area contributed by atoms with Gasteiger partial charge in [0.2, 0.25) is 0 Å². The number of carbonyl (C=O) groups excluding carboxylic acids is 1. The van der Waals surface area contributed by atoms with E-state index in [4.69, 9.17) is 21.6 Å². The van der Waals surface area contributed by atoms with Crippen LogP contribution in [0.4, 0.5) is 0 Å². The summed E-state index contributed by atoms with van der Waals surface area (Å²) >= 11 is 5.60. The van der Waals surface area contributed by atoms with Crippen LogP contribution in [0.2, 0.25) is 5.02 Å². The number of hydrogen-bond acceptors (Lipinski definition) is 3. The van der Waals surface area contributed by atoms with Crippen molar-refractivity contribution in [1.29, 1.82) is 5.26 Å². The van der Waals surface area contributed by atoms with Crippen molar-refractivity contribution in [2.24, 2.45) is 5.92 Å². The van der Waals surface area contributed by atoms with Gasteiger partial charge in [-0.2, -0.15) is 5.26 Å². The number of halogens is 1. The van der Waals surface area contributed by atoms with Crippen LogP contribution in [-0.2, 0) is 9.53 Å². The van der Waals surface area contributed by atoms with Gasteiger partial charge in [-0.05, 0) is 24.6 Å². The van der Waals surface area contributed by atoms with Gasteiger partial charge in [-0.1, -0.05) is 30.7 Å². The van der Waals surface area contributed by atoms with E-state index >= 15 is 0 Å². The SMILES string of the molecule is CCOC(=O)C(CC)CC#N.Clc1cc2ccc1=2. The van der Waals surface area contributed by atoms with Crippen LogP contribution in [-0.4, -0.2) is 12.6 Å². The van der Waals surface area contributed by atoms with Crippen LogP contribution in [0.25, 0.3) is 0 Å². The van der Waals surface area contributed by atoms with Gasteiger partial charge in [-0.3, -0.25) is 4.79 Å². The number of hydrogen-bond donors (Lipinski definition) is 0. The van der Waals surface area contributed by atoms with E-state index in [0.717, 1.165) is 5.02 Å². The van der Waals surface area contributed by atoms with Gasteiger partial charge < -0.3 is 4.74 Å². The summed E-state index contributed by atoms with van der Waals surface area (Å²) in [5.74, 6) is -0.489. The van der Waals surface area contributed by atoms with Gasteiger partial charge in [-0.15, -0.1) is 0 Å². The Kier molecular flexibility index (Phi) is 5.67. The largest absolute Gasteiger partial charge is 0.466 e. The summed E-state index contributed by atoms with van der Waals surface area (Å²) in [6.45, 7) is 4.02. The van der Waals surface area contributed by atoms with Crippen LogP contribution in [0.5, 0.6) is 0 Å². The molecule has 1 unspecified atom stereocenters. The van der Waals surface area contributed by atoms with Crippen LogP contribution in [0, 0.1) is 27.7 Å². The molecule has 2 aliphatic carbocycles. The minimum absolute atomic E-state index is 0.236. The number of carbonyl (C=O) groups is 1. The molecule has 1 atom stereocenters. The molecular formula is C14H16ClNO2. The predicted octanol–water partition coefficient (Wildman–Crippen LogP) is 3.43. The molecule has 0 fully saturated rings. The van der Waals surface area contributed by atoms with Crippen molar-refractivity contribution < 1.29 is 9.53 Å². The van der Waals surface area contributed by atoms with E-state index in [1.54, 1.807) is 6.92 Å². The molecule has 0 N–H and O–H groups in total. The minimum Gasteiger partial charge on any atom is -0.466 e. The number of ether oxygens (including phenoxy) is 1. The molecule has 2 rings (SSSR count). The molecule has 0 aromatic carbocycles. The van der Waals surface area contributed by atoms with Crippen LogP contribution >= 0.6 is 11.6 Å². The lowest BCUT2D eigenvalue weighted by atomic mass is 10.0. The van der Waals surface area contributed by atoms with E-state index in [1.807, 2.05) is 25.1 Å². The van der Waals surface area contributed by atoms with Crippen LogP contribution in [0.15, 0.2) is 18.2 Å². The highest BCUT2D eigenvalue weighted by molar-refractivity contribution is 6.31. The number of esters is 1. The number of nitrogens with zero attached hydrogens (tertiary/aromatic N) is 1. The van der Waals surface area contributed by atoms with E-state index in [1.165, 1.54) is 10.4 Å². The summed E-state index contributed by atoms with van der Waals surface area (Å²) in [6, 6.07) is 8.01. The Bertz CT molecular complexity index is 548. The van der Waals surface area contributed by atoms with Crippen molar-refractivity contribution in [2.75, 3.05) is 6.61 Å². The first-order chi connectivity index (χ1) is 8.63. The first kappa shape index (κ1) is 14.5. The first-order valence-electron chi connectivity index (χ1n) is 5.97. The Hall–Kier alpha value is -1.53. The molecule has 0 radical (unpaired) electrons. The summed E-state index contributed by atoms with van der Waals surface area (Å²) in [4.78, 5) is 11.0. The van der Waals surface area contributed by atoms with E-state index < -0.39 is 0 Å². The van der Waals surface area contributed by atoms with E-state index in [-0.39, 0.29) is 18.3 Å². The standard InChI is InChI=1S/C8H13NO2.C6H3Cl/c1-3-7(5-6-9)8(10)11-4-2;7-6-3-4-1-2-5(4)6/h7H,3-5H2,1-2H3;1-3H. The highest BCUT2D eigenvalue weighted by Crippen LogP contribution is 2.20. The molecule has 3 nitrogen and oxygen atoms in total. The fourth-order valence-electron chi connectivity index (χ4n) is 1.51. The summed E-state index contributed by atoms with van der Waals surface area (Å²) < 4.78 is 4.76. The zero-order valence-corrected chi connectivity index (χ0v) is 11.3. The lowest BCUT2D eigenvalue weighted by Crippen LogP contribution is -2.16. The van der Waals surface area contributed by atoms with Crippen LogP contribution in [0.3, 0.4) is 0 Å². The van der Waals surface area contributed by atoms with Crippen molar-refractivity contribution in [3.8, 4) is 6.07 Å². The second-order valence-corrected chi connectivity index (χ2v) is 4.32. The zero-order valence-electron chi connectivity index (χ0n) is 10.6. The summed E-state index contributed by atoms with van der Waals surface area (Å²) in [7, 11) is 0. The normalized spacial score (nSPS) is 11.7. The van der Waals surface area contributed by atoms with Gasteiger partial charge in [0.15, 0.2) is 0 Å². The van der Waals surface area contributed by atoms with Crippen molar-refractivity contribution in [1.82, 2.24) is 0 Å². The third kappa shape index (κ3) is 3.48. The van der Waals surface area contributed by atoms with Crippen molar-refractivity contribution in [2.45, 2.75) is 26.7 Å². The number of rotatable bonds is 4. The molecule has 0 amide bonds. The highest BCUT2D eigenvalue weighted by atomic mass is 35.5. The topological polar surface area (TPSA) is 50.1 Å². The highest BCUT2D eigenvalue weighted by Gasteiger charge is 2.16. The Morgan fingerprint density at radius 3 is 2.44 bits per heavy atom. The van der Waals surface area contributed by atoms with Crippen LogP contribution in [0.1, 0.15) is 26.7 Å². The van der Waals surface area contributed by atoms with Gasteiger partial charge in [0.05, 0.1) is 18.6 Å². The second kappa shape index (κ2) is 7.03. The van der Waals surface area contributed by atoms with Gasteiger partial charge in [0, 0.05) is 16.7 Å². The fraction of sp³-hybridized carbons (Fsp3) is 0.429. The average molecular weight is 266 g/mol. The lowest BCUT2D eigenvalue weighted by Gasteiger charge is -2.08. The third-order valence-electron chi connectivity index (χ3n) is 2.73. The molecule has 0 saturated heterocycles. The van der Waals surface area contributed by atoms with Crippen molar-refractivity contribution in [3.63, 3.8) is 0 Å². The van der Waals surface area contributed by atoms with Crippen LogP contribution < -0.4 is 0 Å². The van der Waals surface area contributed by atoms with Gasteiger partial charge in [-0.25, -0.2) is 0 Å². The van der Waals surface area contributed by atoms with Crippen molar-refractivity contribution >= 4 is 17.6 Å². The maximum Gasteiger partial charge on any atom is 0.309 e. The van der Waals surface area contributed by atoms with Crippen molar-refractivity contribution in [3.05, 3.63) is 33.7 Å². The van der Waals surface area contributed by atoms with Gasteiger partial charge in [0.25, 0.3) is 0 Å². The Balaban J connectivity index is 0.000000194. The molecule has 0 aromatic heterocycles. The predicted molar refractivity (Wildman–Crippen MR) is 69.8 cm³/mol. The monoisotopic (exact) mass is 265 g/mol. The third-order valence-corrected chi connectivity index (χ3v) is 3.04. The molecule has 0 spiro atoms. The maximum atomic E-state index is 11.0. The molecule has 0 saturated carbocycles. The van der Waals surface area contributed by atoms with E-state index in [0.29, 0.717) is 13.0 Å². The molecule has 96 valence electrons. The van der Waals surface area contributed by atoms with E-state index in [2.05, 4.69) is 6.07 Å². The summed E-state index contributed by atoms with van der Waals surface area (Å²) in [5.41, 5.74) is 0. The van der Waals surface area contributed by atoms with Gasteiger partial charge >= 0.3 is 5.97 Å². The Morgan fingerprint density at radius 1 is 1.50 bits per heavy atom. The van der Waals surface area contributed by atoms with E-state index in [9.17, 15) is 4.79 Å². The molecule has 4 heteroatoms. The Labute approximate surface area is 112 Å². The Morgan fingerprint density at radius 2 is 2.22 bits per heavy atom. The molecular weight excluding hydrogens is 250 g/mol. The zero-order chi connectivity index (χ0) is 13.5. The minimum atomic E-state index is -0.253. The first-order valence-corrected chi connectivity index (χ1v) is 6.35. The second-order valence-electron chi connectivity index (χ2n) is 3.91. The molecule has 0 aromatic rings. The number of nitriles is 1. The summed E-state index contributed by atoms with van der Waals surface area (Å²) in [5, 5.41) is 11.8. The smallest absolute Gasteiger partial charge is 0.309 e. The molecule has 0 heterocycles. The molecule has 0 bridgehead atoms. The number of benzene rings is 1.